The van der Waals surface area contributed by atoms with Crippen LogP contribution in [0.3, 0.4) is 0 Å². The van der Waals surface area contributed by atoms with Crippen molar-refractivity contribution in [1.29, 1.82) is 0 Å². The summed E-state index contributed by atoms with van der Waals surface area (Å²) < 4.78 is 38.1. The molecule has 1 nitrogen and oxygen atoms in total. The second-order valence-corrected chi connectivity index (χ2v) is 6.27. The van der Waals surface area contributed by atoms with Crippen LogP contribution in [0.25, 0.3) is 6.08 Å². The first-order valence-electron chi connectivity index (χ1n) is 8.58. The van der Waals surface area contributed by atoms with Crippen LogP contribution in [0.1, 0.15) is 34.3 Å². The smallest absolute Gasteiger partial charge is 0.387 e. The van der Waals surface area contributed by atoms with E-state index in [1.807, 2.05) is 66.7 Å². The van der Waals surface area contributed by atoms with Crippen molar-refractivity contribution in [3.63, 3.8) is 0 Å². The minimum Gasteiger partial charge on any atom is -0.387 e. The van der Waals surface area contributed by atoms with E-state index in [0.29, 0.717) is 5.56 Å². The standard InChI is InChI=1S/C23H19F3O/c24-23(25,26)20-14-11-17(12-15-20)13-16-21(18-7-3-1-4-8-18)22(27)19-9-5-2-6-10-19/h1-16,21-22,27H/b16-13-/t21-,22-/m0/s1. The largest absolute Gasteiger partial charge is 0.416 e. The van der Waals surface area contributed by atoms with Gasteiger partial charge in [0.2, 0.25) is 0 Å². The zero-order valence-electron chi connectivity index (χ0n) is 14.5. The number of hydrogen-bond donors (Lipinski definition) is 1. The van der Waals surface area contributed by atoms with Crippen molar-refractivity contribution < 1.29 is 18.3 Å². The summed E-state index contributed by atoms with van der Waals surface area (Å²) in [4.78, 5) is 0. The molecule has 0 radical (unpaired) electrons. The normalized spacial score (nSPS) is 14.2. The van der Waals surface area contributed by atoms with Gasteiger partial charge in [0.25, 0.3) is 0 Å². The SMILES string of the molecule is O[C@@H](c1ccccc1)[C@@H](/C=C\c1ccc(C(F)(F)F)cc1)c1ccccc1. The molecule has 0 fully saturated rings. The molecule has 3 aromatic rings. The molecule has 2 atom stereocenters. The van der Waals surface area contributed by atoms with Gasteiger partial charge in [-0.25, -0.2) is 0 Å². The Hall–Kier alpha value is -2.85. The summed E-state index contributed by atoms with van der Waals surface area (Å²) in [5.41, 5.74) is 1.67. The Kier molecular flexibility index (Phi) is 5.77. The topological polar surface area (TPSA) is 20.2 Å². The van der Waals surface area contributed by atoms with Gasteiger partial charge in [-0.3, -0.25) is 0 Å². The van der Waals surface area contributed by atoms with E-state index >= 15 is 0 Å². The summed E-state index contributed by atoms with van der Waals surface area (Å²) in [6.07, 6.45) is -1.54. The molecule has 0 saturated heterocycles. The van der Waals surface area contributed by atoms with Gasteiger partial charge in [0.05, 0.1) is 11.7 Å². The van der Waals surface area contributed by atoms with E-state index in [1.54, 1.807) is 6.08 Å². The van der Waals surface area contributed by atoms with E-state index in [0.717, 1.165) is 23.3 Å². The van der Waals surface area contributed by atoms with Crippen molar-refractivity contribution in [2.45, 2.75) is 18.2 Å². The van der Waals surface area contributed by atoms with E-state index in [4.69, 9.17) is 0 Å². The lowest BCUT2D eigenvalue weighted by Gasteiger charge is -2.21. The van der Waals surface area contributed by atoms with Gasteiger partial charge in [0.15, 0.2) is 0 Å². The molecule has 0 saturated carbocycles. The summed E-state index contributed by atoms with van der Waals surface area (Å²) in [5, 5.41) is 10.9. The second-order valence-electron chi connectivity index (χ2n) is 6.27. The predicted molar refractivity (Wildman–Crippen MR) is 101 cm³/mol. The Balaban J connectivity index is 1.88. The zero-order chi connectivity index (χ0) is 19.3. The van der Waals surface area contributed by atoms with Crippen molar-refractivity contribution in [2.24, 2.45) is 0 Å². The fraction of sp³-hybridized carbons (Fsp3) is 0.130. The van der Waals surface area contributed by atoms with Crippen LogP contribution in [0.5, 0.6) is 0 Å². The summed E-state index contributed by atoms with van der Waals surface area (Å²) >= 11 is 0. The van der Waals surface area contributed by atoms with Gasteiger partial charge in [-0.1, -0.05) is 84.9 Å². The minimum absolute atomic E-state index is 0.323. The molecule has 0 unspecified atom stereocenters. The van der Waals surface area contributed by atoms with Gasteiger partial charge in [0, 0.05) is 5.92 Å². The highest BCUT2D eigenvalue weighted by Gasteiger charge is 2.29. The zero-order valence-corrected chi connectivity index (χ0v) is 14.5. The summed E-state index contributed by atoms with van der Waals surface area (Å²) in [7, 11) is 0. The lowest BCUT2D eigenvalue weighted by molar-refractivity contribution is -0.137. The molecule has 3 rings (SSSR count). The molecular weight excluding hydrogens is 349 g/mol. The lowest BCUT2D eigenvalue weighted by atomic mass is 9.88. The molecule has 0 aliphatic carbocycles. The monoisotopic (exact) mass is 368 g/mol. The molecule has 0 aliphatic heterocycles. The third-order valence-electron chi connectivity index (χ3n) is 4.40. The molecule has 0 aliphatic rings. The van der Waals surface area contributed by atoms with E-state index < -0.39 is 17.8 Å². The number of aliphatic hydroxyl groups is 1. The van der Waals surface area contributed by atoms with Gasteiger partial charge in [0.1, 0.15) is 0 Å². The average molecular weight is 368 g/mol. The quantitative estimate of drug-likeness (QED) is 0.565. The van der Waals surface area contributed by atoms with Crippen molar-refractivity contribution in [3.8, 4) is 0 Å². The van der Waals surface area contributed by atoms with Gasteiger partial charge in [-0.15, -0.1) is 0 Å². The molecule has 0 aromatic heterocycles. The van der Waals surface area contributed by atoms with Crippen molar-refractivity contribution in [1.82, 2.24) is 0 Å². The Labute approximate surface area is 156 Å². The van der Waals surface area contributed by atoms with Crippen LogP contribution in [0.15, 0.2) is 91.0 Å². The molecule has 0 amide bonds. The third-order valence-corrected chi connectivity index (χ3v) is 4.40. The van der Waals surface area contributed by atoms with Crippen LogP contribution < -0.4 is 0 Å². The molecule has 0 spiro atoms. The van der Waals surface area contributed by atoms with Gasteiger partial charge in [-0.2, -0.15) is 13.2 Å². The van der Waals surface area contributed by atoms with Gasteiger partial charge >= 0.3 is 6.18 Å². The van der Waals surface area contributed by atoms with Gasteiger partial charge < -0.3 is 5.11 Å². The van der Waals surface area contributed by atoms with Crippen LogP contribution >= 0.6 is 0 Å². The Morgan fingerprint density at radius 3 is 1.74 bits per heavy atom. The van der Waals surface area contributed by atoms with E-state index in [-0.39, 0.29) is 5.92 Å². The number of hydrogen-bond acceptors (Lipinski definition) is 1. The molecule has 138 valence electrons. The first-order chi connectivity index (χ1) is 12.9. The van der Waals surface area contributed by atoms with Crippen molar-refractivity contribution in [2.75, 3.05) is 0 Å². The number of alkyl halides is 3. The maximum Gasteiger partial charge on any atom is 0.416 e. The van der Waals surface area contributed by atoms with Gasteiger partial charge in [-0.05, 0) is 28.8 Å². The van der Waals surface area contributed by atoms with Crippen LogP contribution in [-0.4, -0.2) is 5.11 Å². The highest BCUT2D eigenvalue weighted by molar-refractivity contribution is 5.52. The predicted octanol–water partition coefficient (Wildman–Crippen LogP) is 6.24. The highest BCUT2D eigenvalue weighted by Crippen LogP contribution is 2.33. The van der Waals surface area contributed by atoms with Crippen LogP contribution in [0.2, 0.25) is 0 Å². The Morgan fingerprint density at radius 2 is 1.22 bits per heavy atom. The fourth-order valence-electron chi connectivity index (χ4n) is 2.93. The third kappa shape index (κ3) is 4.86. The fourth-order valence-corrected chi connectivity index (χ4v) is 2.93. The first kappa shape index (κ1) is 18.9. The maximum absolute atomic E-state index is 12.7. The average Bonchev–Trinajstić information content (AvgIpc) is 2.69. The summed E-state index contributed by atoms with van der Waals surface area (Å²) in [6.45, 7) is 0. The molecule has 27 heavy (non-hydrogen) atoms. The number of benzene rings is 3. The molecule has 3 aromatic carbocycles. The molecular formula is C23H19F3O. The van der Waals surface area contributed by atoms with Crippen LogP contribution in [0, 0.1) is 0 Å². The van der Waals surface area contributed by atoms with E-state index in [2.05, 4.69) is 0 Å². The van der Waals surface area contributed by atoms with E-state index in [1.165, 1.54) is 12.1 Å². The molecule has 0 heterocycles. The maximum atomic E-state index is 12.7. The second kappa shape index (κ2) is 8.23. The Bertz CT molecular complexity index is 869. The summed E-state index contributed by atoms with van der Waals surface area (Å²) in [6, 6.07) is 23.8. The number of rotatable bonds is 5. The Morgan fingerprint density at radius 1 is 0.704 bits per heavy atom. The number of aliphatic hydroxyl groups excluding tert-OH is 1. The van der Waals surface area contributed by atoms with Crippen molar-refractivity contribution >= 4 is 6.08 Å². The molecule has 0 bridgehead atoms. The van der Waals surface area contributed by atoms with Crippen molar-refractivity contribution in [3.05, 3.63) is 113 Å². The summed E-state index contributed by atoms with van der Waals surface area (Å²) in [5.74, 6) is -0.323. The molecule has 1 N–H and O–H groups in total. The minimum atomic E-state index is -4.35. The number of halogens is 3. The van der Waals surface area contributed by atoms with Crippen LogP contribution in [-0.2, 0) is 6.18 Å². The van der Waals surface area contributed by atoms with E-state index in [9.17, 15) is 18.3 Å². The first-order valence-corrected chi connectivity index (χ1v) is 8.58. The molecule has 4 heteroatoms. The highest BCUT2D eigenvalue weighted by atomic mass is 19.4. The lowest BCUT2D eigenvalue weighted by Crippen LogP contribution is -2.08. The van der Waals surface area contributed by atoms with Crippen LogP contribution in [0.4, 0.5) is 13.2 Å².